The van der Waals surface area contributed by atoms with Gasteiger partial charge in [-0.15, -0.1) is 0 Å². The van der Waals surface area contributed by atoms with Gasteiger partial charge in [0.15, 0.2) is 12.4 Å². The summed E-state index contributed by atoms with van der Waals surface area (Å²) < 4.78 is 2.14. The molecule has 1 heteroatoms. The Morgan fingerprint density at radius 2 is 1.53 bits per heavy atom. The van der Waals surface area contributed by atoms with Gasteiger partial charge in [-0.2, -0.15) is 4.40 Å². The Labute approximate surface area is 89.6 Å². The molecule has 2 heterocycles. The SMILES string of the molecule is C.c1ccc2c(c1)cc[n+]1ccccc21. The molecule has 0 radical (unpaired) electrons. The highest BCUT2D eigenvalue weighted by atomic mass is 14.8. The van der Waals surface area contributed by atoms with E-state index in [4.69, 9.17) is 0 Å². The van der Waals surface area contributed by atoms with E-state index in [0.717, 1.165) is 0 Å². The maximum atomic E-state index is 2.16. The Hall–Kier alpha value is -1.89. The lowest BCUT2D eigenvalue weighted by molar-refractivity contribution is -0.510. The fourth-order valence-electron chi connectivity index (χ4n) is 1.85. The van der Waals surface area contributed by atoms with Gasteiger partial charge in [0.2, 0.25) is 5.52 Å². The number of nitrogens with zero attached hydrogens (tertiary/aromatic N) is 1. The smallest absolute Gasteiger partial charge is 0.167 e. The van der Waals surface area contributed by atoms with Gasteiger partial charge in [-0.1, -0.05) is 25.6 Å². The largest absolute Gasteiger partial charge is 0.218 e. The summed E-state index contributed by atoms with van der Waals surface area (Å²) in [6.07, 6.45) is 4.17. The standard InChI is InChI=1S/C13H10N.CH4/c1-2-6-12-11(5-1)8-10-14-9-4-3-7-13(12)14;/h1-10H;1H4/q+1;. The molecule has 2 aromatic heterocycles. The predicted molar refractivity (Wildman–Crippen MR) is 63.8 cm³/mol. The van der Waals surface area contributed by atoms with Crippen LogP contribution in [0.25, 0.3) is 16.3 Å². The molecule has 0 saturated carbocycles. The molecule has 74 valence electrons. The summed E-state index contributed by atoms with van der Waals surface area (Å²) >= 11 is 0. The lowest BCUT2D eigenvalue weighted by Crippen LogP contribution is -2.19. The number of benzene rings is 1. The van der Waals surface area contributed by atoms with Crippen LogP contribution in [0.1, 0.15) is 7.43 Å². The third-order valence-corrected chi connectivity index (χ3v) is 2.54. The second-order valence-electron chi connectivity index (χ2n) is 3.40. The zero-order chi connectivity index (χ0) is 9.38. The van der Waals surface area contributed by atoms with Crippen molar-refractivity contribution in [3.05, 3.63) is 60.9 Å². The zero-order valence-corrected chi connectivity index (χ0v) is 7.72. The van der Waals surface area contributed by atoms with E-state index in [0.29, 0.717) is 0 Å². The van der Waals surface area contributed by atoms with Gasteiger partial charge in [-0.05, 0) is 17.5 Å². The fraction of sp³-hybridized carbons (Fsp3) is 0.0714. The molecular weight excluding hydrogens is 182 g/mol. The molecule has 0 amide bonds. The summed E-state index contributed by atoms with van der Waals surface area (Å²) in [4.78, 5) is 0. The molecule has 1 aromatic carbocycles. The van der Waals surface area contributed by atoms with Crippen molar-refractivity contribution in [1.82, 2.24) is 0 Å². The van der Waals surface area contributed by atoms with Crippen LogP contribution in [0.5, 0.6) is 0 Å². The van der Waals surface area contributed by atoms with Crippen LogP contribution in [0.3, 0.4) is 0 Å². The molecule has 0 aliphatic rings. The Morgan fingerprint density at radius 1 is 0.733 bits per heavy atom. The van der Waals surface area contributed by atoms with Crippen molar-refractivity contribution in [2.45, 2.75) is 7.43 Å². The lowest BCUT2D eigenvalue weighted by Gasteiger charge is -1.96. The third kappa shape index (κ3) is 1.46. The van der Waals surface area contributed by atoms with E-state index in [9.17, 15) is 0 Å². The van der Waals surface area contributed by atoms with Crippen molar-refractivity contribution in [3.63, 3.8) is 0 Å². The summed E-state index contributed by atoms with van der Waals surface area (Å²) in [6, 6.07) is 16.8. The first-order valence-electron chi connectivity index (χ1n) is 4.73. The average molecular weight is 196 g/mol. The molecule has 15 heavy (non-hydrogen) atoms. The van der Waals surface area contributed by atoms with Gasteiger partial charge in [-0.25, -0.2) is 0 Å². The molecule has 0 atom stereocenters. The first-order chi connectivity index (χ1) is 6.95. The summed E-state index contributed by atoms with van der Waals surface area (Å²) in [5, 5.41) is 2.59. The summed E-state index contributed by atoms with van der Waals surface area (Å²) in [5.74, 6) is 0. The zero-order valence-electron chi connectivity index (χ0n) is 7.72. The highest BCUT2D eigenvalue weighted by Crippen LogP contribution is 2.15. The molecule has 0 aliphatic heterocycles. The first-order valence-corrected chi connectivity index (χ1v) is 4.73. The van der Waals surface area contributed by atoms with Gasteiger partial charge in [0.1, 0.15) is 0 Å². The molecule has 0 unspecified atom stereocenters. The Morgan fingerprint density at radius 3 is 2.47 bits per heavy atom. The van der Waals surface area contributed by atoms with Gasteiger partial charge in [0.25, 0.3) is 0 Å². The highest BCUT2D eigenvalue weighted by Gasteiger charge is 2.04. The van der Waals surface area contributed by atoms with Crippen LogP contribution < -0.4 is 4.40 Å². The number of aromatic nitrogens is 1. The topological polar surface area (TPSA) is 4.10 Å². The van der Waals surface area contributed by atoms with Crippen LogP contribution >= 0.6 is 0 Å². The van der Waals surface area contributed by atoms with E-state index >= 15 is 0 Å². The second kappa shape index (κ2) is 3.70. The molecule has 0 saturated heterocycles. The van der Waals surface area contributed by atoms with E-state index in [1.54, 1.807) is 0 Å². The van der Waals surface area contributed by atoms with Crippen LogP contribution in [0.4, 0.5) is 0 Å². The summed E-state index contributed by atoms with van der Waals surface area (Å²) in [6.45, 7) is 0. The van der Waals surface area contributed by atoms with Crippen LogP contribution in [0, 0.1) is 0 Å². The molecule has 3 rings (SSSR count). The average Bonchev–Trinajstić information content (AvgIpc) is 2.29. The van der Waals surface area contributed by atoms with Gasteiger partial charge < -0.3 is 0 Å². The van der Waals surface area contributed by atoms with E-state index in [1.807, 2.05) is 6.07 Å². The van der Waals surface area contributed by atoms with Crippen molar-refractivity contribution < 1.29 is 4.40 Å². The summed E-state index contributed by atoms with van der Waals surface area (Å²) in [5.41, 5.74) is 1.26. The molecule has 0 aliphatic carbocycles. The Kier molecular flexibility index (Phi) is 2.38. The highest BCUT2D eigenvalue weighted by molar-refractivity contribution is 5.93. The normalized spacial score (nSPS) is 10.1. The number of hydrogen-bond donors (Lipinski definition) is 0. The number of hydrogen-bond acceptors (Lipinski definition) is 0. The monoisotopic (exact) mass is 196 g/mol. The van der Waals surface area contributed by atoms with E-state index in [2.05, 4.69) is 59.3 Å². The van der Waals surface area contributed by atoms with Gasteiger partial charge in [0, 0.05) is 18.2 Å². The second-order valence-corrected chi connectivity index (χ2v) is 3.40. The molecule has 0 N–H and O–H groups in total. The van der Waals surface area contributed by atoms with Crippen molar-refractivity contribution in [2.24, 2.45) is 0 Å². The number of fused-ring (bicyclic) bond motifs is 3. The predicted octanol–water partition coefficient (Wildman–Crippen LogP) is 3.21. The van der Waals surface area contributed by atoms with E-state index in [1.165, 1.54) is 16.3 Å². The van der Waals surface area contributed by atoms with E-state index in [-0.39, 0.29) is 7.43 Å². The van der Waals surface area contributed by atoms with Crippen LogP contribution in [0.15, 0.2) is 60.9 Å². The fourth-order valence-corrected chi connectivity index (χ4v) is 1.85. The maximum Gasteiger partial charge on any atom is 0.218 e. The van der Waals surface area contributed by atoms with Gasteiger partial charge in [-0.3, -0.25) is 0 Å². The van der Waals surface area contributed by atoms with Crippen molar-refractivity contribution >= 4 is 16.3 Å². The van der Waals surface area contributed by atoms with Gasteiger partial charge in [0.05, 0.1) is 5.39 Å². The third-order valence-electron chi connectivity index (χ3n) is 2.54. The molecule has 0 bridgehead atoms. The molecule has 1 nitrogen and oxygen atoms in total. The van der Waals surface area contributed by atoms with Crippen LogP contribution in [-0.4, -0.2) is 0 Å². The maximum absolute atomic E-state index is 2.16. The quantitative estimate of drug-likeness (QED) is 0.384. The molecule has 3 aromatic rings. The van der Waals surface area contributed by atoms with Crippen LogP contribution in [0.2, 0.25) is 0 Å². The molecule has 0 fully saturated rings. The van der Waals surface area contributed by atoms with E-state index < -0.39 is 0 Å². The van der Waals surface area contributed by atoms with Crippen molar-refractivity contribution in [2.75, 3.05) is 0 Å². The molecular formula is C14H14N+. The number of pyridine rings is 2. The molecule has 0 spiro atoms. The van der Waals surface area contributed by atoms with Crippen molar-refractivity contribution in [3.8, 4) is 0 Å². The Balaban J connectivity index is 0.000000853. The minimum atomic E-state index is 0. The van der Waals surface area contributed by atoms with Gasteiger partial charge >= 0.3 is 0 Å². The number of rotatable bonds is 0. The minimum Gasteiger partial charge on any atom is -0.167 e. The van der Waals surface area contributed by atoms with Crippen LogP contribution in [-0.2, 0) is 0 Å². The minimum absolute atomic E-state index is 0. The Bertz CT molecular complexity index is 544. The van der Waals surface area contributed by atoms with Crippen molar-refractivity contribution in [1.29, 1.82) is 0 Å². The lowest BCUT2D eigenvalue weighted by atomic mass is 10.1. The summed E-state index contributed by atoms with van der Waals surface area (Å²) in [7, 11) is 0. The first kappa shape index (κ1) is 9.66.